The zero-order valence-corrected chi connectivity index (χ0v) is 16.5. The van der Waals surface area contributed by atoms with Crippen LogP contribution in [0.2, 0.25) is 0 Å². The maximum atomic E-state index is 5.76. The van der Waals surface area contributed by atoms with Gasteiger partial charge in [0.1, 0.15) is 0 Å². The van der Waals surface area contributed by atoms with E-state index < -0.39 is 0 Å². The Balaban J connectivity index is 2.00. The highest BCUT2D eigenvalue weighted by atomic mass is 14.7. The van der Waals surface area contributed by atoms with Crippen LogP contribution in [0.3, 0.4) is 0 Å². The van der Waals surface area contributed by atoms with Crippen molar-refractivity contribution in [1.29, 1.82) is 0 Å². The molecular weight excluding hydrogens is 328 g/mol. The lowest BCUT2D eigenvalue weighted by atomic mass is 9.93. The van der Waals surface area contributed by atoms with Crippen LogP contribution in [-0.2, 0) is 6.42 Å². The molecule has 0 saturated carbocycles. The molecule has 0 saturated heterocycles. The number of rotatable bonds is 5. The van der Waals surface area contributed by atoms with E-state index in [-0.39, 0.29) is 0 Å². The van der Waals surface area contributed by atoms with Crippen LogP contribution >= 0.6 is 0 Å². The first kappa shape index (κ1) is 17.8. The summed E-state index contributed by atoms with van der Waals surface area (Å²) >= 11 is 0. The first-order valence-electron chi connectivity index (χ1n) is 9.90. The SMILES string of the molecule is Cc1cc(C)c2c(CCCCN)c(-c3ccc(C)c4ccccc34)[nH]c2c1. The quantitative estimate of drug-likeness (QED) is 0.411. The third-order valence-electron chi connectivity index (χ3n) is 5.64. The molecule has 0 aliphatic heterocycles. The molecule has 0 bridgehead atoms. The molecule has 0 fully saturated rings. The van der Waals surface area contributed by atoms with E-state index in [0.29, 0.717) is 0 Å². The van der Waals surface area contributed by atoms with Gasteiger partial charge in [0.2, 0.25) is 0 Å². The topological polar surface area (TPSA) is 41.8 Å². The average Bonchev–Trinajstić information content (AvgIpc) is 3.01. The van der Waals surface area contributed by atoms with E-state index >= 15 is 0 Å². The summed E-state index contributed by atoms with van der Waals surface area (Å²) in [6, 6.07) is 17.8. The van der Waals surface area contributed by atoms with Crippen molar-refractivity contribution in [3.05, 3.63) is 70.8 Å². The molecule has 3 aromatic carbocycles. The smallest absolute Gasteiger partial charge is 0.0503 e. The lowest BCUT2D eigenvalue weighted by Gasteiger charge is -2.11. The Bertz CT molecular complexity index is 1120. The number of fused-ring (bicyclic) bond motifs is 2. The van der Waals surface area contributed by atoms with E-state index in [0.717, 1.165) is 25.8 Å². The van der Waals surface area contributed by atoms with Crippen LogP contribution in [-0.4, -0.2) is 11.5 Å². The monoisotopic (exact) mass is 356 g/mol. The zero-order chi connectivity index (χ0) is 19.0. The van der Waals surface area contributed by atoms with Crippen molar-refractivity contribution >= 4 is 21.7 Å². The molecule has 2 heteroatoms. The Morgan fingerprint density at radius 3 is 2.41 bits per heavy atom. The molecule has 0 amide bonds. The van der Waals surface area contributed by atoms with Crippen molar-refractivity contribution < 1.29 is 0 Å². The van der Waals surface area contributed by atoms with Gasteiger partial charge in [-0.15, -0.1) is 0 Å². The molecule has 0 spiro atoms. The standard InChI is InChI=1S/C25H28N2/c1-16-14-18(3)24-22(10-6-7-13-26)25(27-23(24)15-16)21-12-11-17(2)19-8-4-5-9-20(19)21/h4-5,8-9,11-12,14-15,27H,6-7,10,13,26H2,1-3H3. The van der Waals surface area contributed by atoms with Gasteiger partial charge in [-0.3, -0.25) is 0 Å². The lowest BCUT2D eigenvalue weighted by Crippen LogP contribution is -1.99. The molecule has 0 unspecified atom stereocenters. The van der Waals surface area contributed by atoms with Crippen molar-refractivity contribution in [3.8, 4) is 11.3 Å². The first-order valence-corrected chi connectivity index (χ1v) is 9.90. The molecule has 138 valence electrons. The second-order valence-electron chi connectivity index (χ2n) is 7.70. The number of aryl methyl sites for hydroxylation is 4. The third kappa shape index (κ3) is 3.15. The van der Waals surface area contributed by atoms with Crippen LogP contribution in [0.15, 0.2) is 48.5 Å². The number of nitrogens with two attached hydrogens (primary N) is 1. The minimum Gasteiger partial charge on any atom is -0.354 e. The zero-order valence-electron chi connectivity index (χ0n) is 16.5. The van der Waals surface area contributed by atoms with Crippen LogP contribution < -0.4 is 5.73 Å². The van der Waals surface area contributed by atoms with Gasteiger partial charge >= 0.3 is 0 Å². The van der Waals surface area contributed by atoms with Gasteiger partial charge in [-0.05, 0) is 85.7 Å². The number of H-pyrrole nitrogens is 1. The average molecular weight is 357 g/mol. The van der Waals surface area contributed by atoms with E-state index in [1.807, 2.05) is 0 Å². The number of hydrogen-bond acceptors (Lipinski definition) is 1. The highest BCUT2D eigenvalue weighted by Gasteiger charge is 2.17. The summed E-state index contributed by atoms with van der Waals surface area (Å²) in [5.74, 6) is 0. The Hall–Kier alpha value is -2.58. The summed E-state index contributed by atoms with van der Waals surface area (Å²) in [5, 5.41) is 4.03. The molecule has 1 aromatic heterocycles. The van der Waals surface area contributed by atoms with Gasteiger partial charge in [-0.25, -0.2) is 0 Å². The summed E-state index contributed by atoms with van der Waals surface area (Å²) in [6.07, 6.45) is 3.23. The molecule has 27 heavy (non-hydrogen) atoms. The summed E-state index contributed by atoms with van der Waals surface area (Å²) < 4.78 is 0. The fourth-order valence-corrected chi connectivity index (χ4v) is 4.40. The molecule has 0 aliphatic rings. The number of hydrogen-bond donors (Lipinski definition) is 2. The number of aromatic amines is 1. The van der Waals surface area contributed by atoms with Gasteiger partial charge in [0.15, 0.2) is 0 Å². The molecule has 4 aromatic rings. The van der Waals surface area contributed by atoms with Crippen molar-refractivity contribution in [2.45, 2.75) is 40.0 Å². The molecule has 2 nitrogen and oxygen atoms in total. The number of unbranched alkanes of at least 4 members (excludes halogenated alkanes) is 1. The van der Waals surface area contributed by atoms with Crippen LogP contribution in [0.4, 0.5) is 0 Å². The summed E-state index contributed by atoms with van der Waals surface area (Å²) in [6.45, 7) is 7.34. The van der Waals surface area contributed by atoms with Gasteiger partial charge in [0, 0.05) is 16.5 Å². The summed E-state index contributed by atoms with van der Waals surface area (Å²) in [4.78, 5) is 3.77. The second kappa shape index (κ2) is 7.21. The Labute approximate surface area is 161 Å². The molecule has 0 atom stereocenters. The van der Waals surface area contributed by atoms with Gasteiger partial charge in [0.25, 0.3) is 0 Å². The number of benzene rings is 3. The first-order chi connectivity index (χ1) is 13.1. The summed E-state index contributed by atoms with van der Waals surface area (Å²) in [5.41, 5.74) is 15.0. The molecule has 4 rings (SSSR count). The van der Waals surface area contributed by atoms with E-state index in [1.165, 1.54) is 55.2 Å². The highest BCUT2D eigenvalue weighted by Crippen LogP contribution is 2.38. The maximum absolute atomic E-state index is 5.76. The van der Waals surface area contributed by atoms with E-state index in [4.69, 9.17) is 5.73 Å². The Kier molecular flexibility index (Phi) is 4.75. The van der Waals surface area contributed by atoms with Crippen LogP contribution in [0.25, 0.3) is 32.9 Å². The predicted octanol–water partition coefficient (Wildman–Crippen LogP) is 6.19. The van der Waals surface area contributed by atoms with E-state index in [9.17, 15) is 0 Å². The second-order valence-corrected chi connectivity index (χ2v) is 7.70. The van der Waals surface area contributed by atoms with Crippen LogP contribution in [0.5, 0.6) is 0 Å². The minimum absolute atomic E-state index is 0.753. The molecular formula is C25H28N2. The van der Waals surface area contributed by atoms with Crippen molar-refractivity contribution in [1.82, 2.24) is 4.98 Å². The van der Waals surface area contributed by atoms with Crippen molar-refractivity contribution in [2.75, 3.05) is 6.54 Å². The molecule has 0 aliphatic carbocycles. The van der Waals surface area contributed by atoms with Crippen LogP contribution in [0.1, 0.15) is 35.1 Å². The summed E-state index contributed by atoms with van der Waals surface area (Å²) in [7, 11) is 0. The van der Waals surface area contributed by atoms with Crippen LogP contribution in [0, 0.1) is 20.8 Å². The fourth-order valence-electron chi connectivity index (χ4n) is 4.40. The van der Waals surface area contributed by atoms with E-state index in [1.54, 1.807) is 0 Å². The molecule has 3 N–H and O–H groups in total. The molecule has 0 radical (unpaired) electrons. The number of aromatic nitrogens is 1. The largest absolute Gasteiger partial charge is 0.354 e. The normalized spacial score (nSPS) is 11.6. The lowest BCUT2D eigenvalue weighted by molar-refractivity contribution is 0.748. The molecule has 1 heterocycles. The van der Waals surface area contributed by atoms with Crippen molar-refractivity contribution in [2.24, 2.45) is 5.73 Å². The predicted molar refractivity (Wildman–Crippen MR) is 117 cm³/mol. The Morgan fingerprint density at radius 1 is 0.852 bits per heavy atom. The maximum Gasteiger partial charge on any atom is 0.0503 e. The van der Waals surface area contributed by atoms with Gasteiger partial charge in [-0.1, -0.05) is 42.5 Å². The fraction of sp³-hybridized carbons (Fsp3) is 0.280. The van der Waals surface area contributed by atoms with E-state index in [2.05, 4.69) is 74.3 Å². The minimum atomic E-state index is 0.753. The van der Waals surface area contributed by atoms with Gasteiger partial charge in [-0.2, -0.15) is 0 Å². The van der Waals surface area contributed by atoms with Crippen molar-refractivity contribution in [3.63, 3.8) is 0 Å². The van der Waals surface area contributed by atoms with Gasteiger partial charge < -0.3 is 10.7 Å². The third-order valence-corrected chi connectivity index (χ3v) is 5.64. The van der Waals surface area contributed by atoms with Gasteiger partial charge in [0.05, 0.1) is 5.69 Å². The number of nitrogens with one attached hydrogen (secondary N) is 1. The Morgan fingerprint density at radius 2 is 1.63 bits per heavy atom. The highest BCUT2D eigenvalue weighted by molar-refractivity contribution is 6.02.